The lowest BCUT2D eigenvalue weighted by Gasteiger charge is -2.32. The fourth-order valence-corrected chi connectivity index (χ4v) is 2.86. The average molecular weight is 283 g/mol. The molecule has 0 aromatic carbocycles. The first-order valence-corrected chi connectivity index (χ1v) is 8.27. The number of rotatable bonds is 8. The molecule has 0 aromatic heterocycles. The summed E-state index contributed by atoms with van der Waals surface area (Å²) in [4.78, 5) is 14.4. The zero-order chi connectivity index (χ0) is 15.0. The third-order valence-corrected chi connectivity index (χ3v) is 4.16. The van der Waals surface area contributed by atoms with E-state index in [1.54, 1.807) is 0 Å². The molecule has 1 saturated heterocycles. The highest BCUT2D eigenvalue weighted by Crippen LogP contribution is 2.14. The number of piperidine rings is 1. The second kappa shape index (κ2) is 9.35. The van der Waals surface area contributed by atoms with E-state index in [4.69, 9.17) is 0 Å². The normalized spacial score (nSPS) is 18.5. The third kappa shape index (κ3) is 6.71. The van der Waals surface area contributed by atoms with Crippen LogP contribution in [0.3, 0.4) is 0 Å². The van der Waals surface area contributed by atoms with Crippen LogP contribution in [0, 0.1) is 5.92 Å². The maximum atomic E-state index is 12.1. The van der Waals surface area contributed by atoms with Gasteiger partial charge in [0.05, 0.1) is 6.54 Å². The van der Waals surface area contributed by atoms with Crippen LogP contribution in [0.25, 0.3) is 0 Å². The molecule has 1 amide bonds. The maximum Gasteiger partial charge on any atom is 0.234 e. The van der Waals surface area contributed by atoms with Crippen molar-refractivity contribution in [3.63, 3.8) is 0 Å². The summed E-state index contributed by atoms with van der Waals surface area (Å²) >= 11 is 0. The molecule has 1 aliphatic heterocycles. The van der Waals surface area contributed by atoms with Crippen LogP contribution in [-0.4, -0.2) is 49.1 Å². The minimum atomic E-state index is 0.175. The Labute approximate surface area is 124 Å². The van der Waals surface area contributed by atoms with Crippen molar-refractivity contribution in [2.45, 2.75) is 65.5 Å². The summed E-state index contributed by atoms with van der Waals surface area (Å²) < 4.78 is 0. The van der Waals surface area contributed by atoms with Gasteiger partial charge in [0.25, 0.3) is 0 Å². The van der Waals surface area contributed by atoms with Gasteiger partial charge in [0.2, 0.25) is 5.91 Å². The zero-order valence-corrected chi connectivity index (χ0v) is 13.7. The largest absolute Gasteiger partial charge is 0.353 e. The van der Waals surface area contributed by atoms with Gasteiger partial charge in [-0.05, 0) is 59.0 Å². The average Bonchev–Trinajstić information content (AvgIpc) is 2.39. The molecule has 0 bridgehead atoms. The Morgan fingerprint density at radius 2 is 1.95 bits per heavy atom. The number of carbonyl (C=O) groups is 1. The molecule has 1 atom stereocenters. The lowest BCUT2D eigenvalue weighted by molar-refractivity contribution is -0.123. The topological polar surface area (TPSA) is 44.4 Å². The van der Waals surface area contributed by atoms with Crippen LogP contribution in [0.4, 0.5) is 0 Å². The Hall–Kier alpha value is -0.610. The lowest BCUT2D eigenvalue weighted by Crippen LogP contribution is -2.46. The van der Waals surface area contributed by atoms with Crippen molar-refractivity contribution in [1.82, 2.24) is 15.5 Å². The van der Waals surface area contributed by atoms with Gasteiger partial charge >= 0.3 is 0 Å². The highest BCUT2D eigenvalue weighted by molar-refractivity contribution is 5.78. The van der Waals surface area contributed by atoms with E-state index in [-0.39, 0.29) is 5.91 Å². The number of nitrogens with zero attached hydrogens (tertiary/aromatic N) is 1. The van der Waals surface area contributed by atoms with Crippen LogP contribution in [0.2, 0.25) is 0 Å². The predicted octanol–water partition coefficient (Wildman–Crippen LogP) is 2.00. The first kappa shape index (κ1) is 17.4. The Balaban J connectivity index is 2.39. The van der Waals surface area contributed by atoms with Gasteiger partial charge in [0.1, 0.15) is 0 Å². The molecule has 1 unspecified atom stereocenters. The molecule has 0 saturated carbocycles. The molecule has 1 heterocycles. The van der Waals surface area contributed by atoms with Crippen molar-refractivity contribution in [3.05, 3.63) is 0 Å². The third-order valence-electron chi connectivity index (χ3n) is 4.16. The quantitative estimate of drug-likeness (QED) is 0.716. The van der Waals surface area contributed by atoms with E-state index in [9.17, 15) is 4.79 Å². The minimum Gasteiger partial charge on any atom is -0.353 e. The minimum absolute atomic E-state index is 0.175. The molecule has 1 aliphatic rings. The van der Waals surface area contributed by atoms with E-state index < -0.39 is 0 Å². The fourth-order valence-electron chi connectivity index (χ4n) is 2.86. The number of hydrogen-bond donors (Lipinski definition) is 2. The van der Waals surface area contributed by atoms with Gasteiger partial charge in [0, 0.05) is 18.6 Å². The van der Waals surface area contributed by atoms with Crippen molar-refractivity contribution in [3.8, 4) is 0 Å². The smallest absolute Gasteiger partial charge is 0.234 e. The molecule has 1 rings (SSSR count). The van der Waals surface area contributed by atoms with E-state index in [2.05, 4.69) is 43.2 Å². The van der Waals surface area contributed by atoms with Gasteiger partial charge in [-0.2, -0.15) is 0 Å². The van der Waals surface area contributed by atoms with Crippen LogP contribution in [0.15, 0.2) is 0 Å². The lowest BCUT2D eigenvalue weighted by atomic mass is 9.97. The van der Waals surface area contributed by atoms with Crippen LogP contribution >= 0.6 is 0 Å². The summed E-state index contributed by atoms with van der Waals surface area (Å²) in [5.41, 5.74) is 0. The number of carbonyl (C=O) groups excluding carboxylic acids is 1. The molecule has 0 aliphatic carbocycles. The summed E-state index contributed by atoms with van der Waals surface area (Å²) in [5.74, 6) is 0.910. The Bertz CT molecular complexity index is 275. The van der Waals surface area contributed by atoms with Crippen molar-refractivity contribution in [1.29, 1.82) is 0 Å². The Kier molecular flexibility index (Phi) is 8.15. The van der Waals surface area contributed by atoms with Gasteiger partial charge in [0.15, 0.2) is 0 Å². The molecule has 0 radical (unpaired) electrons. The van der Waals surface area contributed by atoms with Gasteiger partial charge in [-0.25, -0.2) is 0 Å². The van der Waals surface area contributed by atoms with Gasteiger partial charge in [-0.1, -0.05) is 13.3 Å². The standard InChI is InChI=1S/C16H33N3O/c1-5-6-14(4)18-16(20)12-19(13(2)3)11-15-7-9-17-10-8-15/h13-15,17H,5-12H2,1-4H3,(H,18,20). The monoisotopic (exact) mass is 283 g/mol. The SMILES string of the molecule is CCCC(C)NC(=O)CN(CC1CCNCC1)C(C)C. The Morgan fingerprint density at radius 1 is 1.30 bits per heavy atom. The summed E-state index contributed by atoms with van der Waals surface area (Å²) in [5, 5.41) is 6.51. The highest BCUT2D eigenvalue weighted by Gasteiger charge is 2.21. The van der Waals surface area contributed by atoms with E-state index in [1.807, 2.05) is 0 Å². The summed E-state index contributed by atoms with van der Waals surface area (Å²) in [6, 6.07) is 0.720. The van der Waals surface area contributed by atoms with Crippen molar-refractivity contribution < 1.29 is 4.79 Å². The molecular formula is C16H33N3O. The first-order chi connectivity index (χ1) is 9.52. The fraction of sp³-hybridized carbons (Fsp3) is 0.938. The molecule has 4 heteroatoms. The van der Waals surface area contributed by atoms with Crippen molar-refractivity contribution in [2.24, 2.45) is 5.92 Å². The summed E-state index contributed by atoms with van der Waals surface area (Å²) in [7, 11) is 0. The van der Waals surface area contributed by atoms with E-state index in [0.29, 0.717) is 18.6 Å². The van der Waals surface area contributed by atoms with Crippen LogP contribution in [-0.2, 0) is 4.79 Å². The van der Waals surface area contributed by atoms with Gasteiger partial charge in [-0.15, -0.1) is 0 Å². The van der Waals surface area contributed by atoms with Gasteiger partial charge in [-0.3, -0.25) is 9.69 Å². The van der Waals surface area contributed by atoms with E-state index >= 15 is 0 Å². The molecular weight excluding hydrogens is 250 g/mol. The molecule has 2 N–H and O–H groups in total. The summed E-state index contributed by atoms with van der Waals surface area (Å²) in [6.07, 6.45) is 4.64. The van der Waals surface area contributed by atoms with Crippen molar-refractivity contribution in [2.75, 3.05) is 26.2 Å². The van der Waals surface area contributed by atoms with Crippen LogP contribution in [0.1, 0.15) is 53.4 Å². The number of hydrogen-bond acceptors (Lipinski definition) is 3. The number of nitrogens with one attached hydrogen (secondary N) is 2. The molecule has 20 heavy (non-hydrogen) atoms. The van der Waals surface area contributed by atoms with E-state index in [1.165, 1.54) is 12.8 Å². The molecule has 0 spiro atoms. The molecule has 4 nitrogen and oxygen atoms in total. The number of amides is 1. The van der Waals surface area contributed by atoms with Gasteiger partial charge < -0.3 is 10.6 Å². The second-order valence-corrected chi connectivity index (χ2v) is 6.47. The predicted molar refractivity (Wildman–Crippen MR) is 84.8 cm³/mol. The first-order valence-electron chi connectivity index (χ1n) is 8.27. The summed E-state index contributed by atoms with van der Waals surface area (Å²) in [6.45, 7) is 12.4. The maximum absolute atomic E-state index is 12.1. The van der Waals surface area contributed by atoms with E-state index in [0.717, 1.165) is 38.4 Å². The van der Waals surface area contributed by atoms with Crippen molar-refractivity contribution >= 4 is 5.91 Å². The molecule has 0 aromatic rings. The Morgan fingerprint density at radius 3 is 2.50 bits per heavy atom. The zero-order valence-electron chi connectivity index (χ0n) is 13.7. The molecule has 118 valence electrons. The van der Waals surface area contributed by atoms with Crippen LogP contribution < -0.4 is 10.6 Å². The second-order valence-electron chi connectivity index (χ2n) is 6.47. The highest BCUT2D eigenvalue weighted by atomic mass is 16.2. The van der Waals surface area contributed by atoms with Crippen LogP contribution in [0.5, 0.6) is 0 Å². The molecule has 1 fully saturated rings.